The first kappa shape index (κ1) is 17.3. The molecule has 5 nitrogen and oxygen atoms in total. The van der Waals surface area contributed by atoms with Gasteiger partial charge in [0.05, 0.1) is 11.5 Å². The fraction of sp³-hybridized carbons (Fsp3) is 0.929. The van der Waals surface area contributed by atoms with Crippen molar-refractivity contribution < 1.29 is 8.42 Å². The van der Waals surface area contributed by atoms with E-state index >= 15 is 0 Å². The molecule has 0 aromatic heterocycles. The van der Waals surface area contributed by atoms with Gasteiger partial charge in [0.15, 0.2) is 15.8 Å². The third-order valence-electron chi connectivity index (χ3n) is 3.44. The van der Waals surface area contributed by atoms with Crippen LogP contribution in [0.3, 0.4) is 0 Å². The maximum absolute atomic E-state index is 11.4. The van der Waals surface area contributed by atoms with Crippen molar-refractivity contribution in [1.29, 1.82) is 0 Å². The van der Waals surface area contributed by atoms with Gasteiger partial charge in [-0.1, -0.05) is 27.2 Å². The van der Waals surface area contributed by atoms with Crippen molar-refractivity contribution in [3.63, 3.8) is 0 Å². The highest BCUT2D eigenvalue weighted by Crippen LogP contribution is 2.21. The Labute approximate surface area is 123 Å². The molecule has 1 rings (SSSR count). The summed E-state index contributed by atoms with van der Waals surface area (Å²) in [6, 6.07) is 0.000718. The predicted octanol–water partition coefficient (Wildman–Crippen LogP) is 1.55. The SMILES string of the molecule is CN=C(NCCCCC(C)(C)C)NC1CCS(=O)(=O)C1. The van der Waals surface area contributed by atoms with E-state index in [2.05, 4.69) is 36.4 Å². The van der Waals surface area contributed by atoms with E-state index < -0.39 is 9.84 Å². The molecule has 1 heterocycles. The molecule has 0 spiro atoms. The molecule has 1 unspecified atom stereocenters. The number of guanidine groups is 1. The van der Waals surface area contributed by atoms with Crippen molar-refractivity contribution >= 4 is 15.8 Å². The summed E-state index contributed by atoms with van der Waals surface area (Å²) in [7, 11) is -1.12. The van der Waals surface area contributed by atoms with Gasteiger partial charge >= 0.3 is 0 Å². The third-order valence-corrected chi connectivity index (χ3v) is 5.21. The summed E-state index contributed by atoms with van der Waals surface area (Å²) in [5.74, 6) is 1.22. The zero-order chi connectivity index (χ0) is 15.2. The molecular weight excluding hydrogens is 274 g/mol. The minimum Gasteiger partial charge on any atom is -0.356 e. The number of rotatable bonds is 5. The maximum atomic E-state index is 11.4. The monoisotopic (exact) mass is 303 g/mol. The number of hydrogen-bond acceptors (Lipinski definition) is 3. The van der Waals surface area contributed by atoms with Crippen LogP contribution in [0.15, 0.2) is 4.99 Å². The molecule has 20 heavy (non-hydrogen) atoms. The van der Waals surface area contributed by atoms with Crippen LogP contribution < -0.4 is 10.6 Å². The van der Waals surface area contributed by atoms with Crippen LogP contribution in [0.2, 0.25) is 0 Å². The van der Waals surface area contributed by atoms with Gasteiger partial charge in [0, 0.05) is 19.6 Å². The maximum Gasteiger partial charge on any atom is 0.191 e. The molecule has 0 aromatic carbocycles. The topological polar surface area (TPSA) is 70.6 Å². The Kier molecular flexibility index (Phi) is 6.30. The highest BCUT2D eigenvalue weighted by atomic mass is 32.2. The predicted molar refractivity (Wildman–Crippen MR) is 84.9 cm³/mol. The first-order valence-electron chi connectivity index (χ1n) is 7.39. The van der Waals surface area contributed by atoms with Gasteiger partial charge in [-0.05, 0) is 24.7 Å². The van der Waals surface area contributed by atoms with Gasteiger partial charge in [0.25, 0.3) is 0 Å². The molecule has 1 fully saturated rings. The van der Waals surface area contributed by atoms with Crippen molar-refractivity contribution in [2.45, 2.75) is 52.5 Å². The third kappa shape index (κ3) is 7.12. The minimum absolute atomic E-state index is 0.000718. The summed E-state index contributed by atoms with van der Waals surface area (Å²) in [5, 5.41) is 6.44. The fourth-order valence-corrected chi connectivity index (χ4v) is 3.96. The molecule has 0 aliphatic carbocycles. The van der Waals surface area contributed by atoms with E-state index in [1.165, 1.54) is 12.8 Å². The Balaban J connectivity index is 2.21. The zero-order valence-corrected chi connectivity index (χ0v) is 14.0. The highest BCUT2D eigenvalue weighted by molar-refractivity contribution is 7.91. The van der Waals surface area contributed by atoms with E-state index in [9.17, 15) is 8.42 Å². The number of nitrogens with zero attached hydrogens (tertiary/aromatic N) is 1. The molecule has 1 aliphatic rings. The summed E-state index contributed by atoms with van der Waals surface area (Å²) in [6.07, 6.45) is 4.17. The number of sulfone groups is 1. The van der Waals surface area contributed by atoms with Crippen molar-refractivity contribution in [3.8, 4) is 0 Å². The van der Waals surface area contributed by atoms with Crippen molar-refractivity contribution in [2.24, 2.45) is 10.4 Å². The van der Waals surface area contributed by atoms with Gasteiger partial charge in [-0.15, -0.1) is 0 Å². The lowest BCUT2D eigenvalue weighted by atomic mass is 9.90. The van der Waals surface area contributed by atoms with Gasteiger partial charge in [0.2, 0.25) is 0 Å². The number of unbranched alkanes of at least 4 members (excludes halogenated alkanes) is 1. The molecule has 0 bridgehead atoms. The lowest BCUT2D eigenvalue weighted by Crippen LogP contribution is -2.44. The summed E-state index contributed by atoms with van der Waals surface area (Å²) in [4.78, 5) is 4.15. The van der Waals surface area contributed by atoms with Crippen LogP contribution in [-0.2, 0) is 9.84 Å². The van der Waals surface area contributed by atoms with Crippen LogP contribution in [-0.4, -0.2) is 45.5 Å². The second-order valence-corrected chi connectivity index (χ2v) is 8.99. The molecule has 0 amide bonds. The Hall–Kier alpha value is -0.780. The largest absolute Gasteiger partial charge is 0.356 e. The molecular formula is C14H29N3O2S. The average molecular weight is 303 g/mol. The van der Waals surface area contributed by atoms with Crippen LogP contribution in [0.4, 0.5) is 0 Å². The first-order chi connectivity index (χ1) is 9.22. The van der Waals surface area contributed by atoms with E-state index in [-0.39, 0.29) is 17.5 Å². The van der Waals surface area contributed by atoms with Crippen LogP contribution in [0.5, 0.6) is 0 Å². The summed E-state index contributed by atoms with van der Waals surface area (Å²) < 4.78 is 22.8. The molecule has 6 heteroatoms. The Bertz CT molecular complexity index is 424. The molecule has 118 valence electrons. The molecule has 2 N–H and O–H groups in total. The van der Waals surface area contributed by atoms with Crippen LogP contribution in [0, 0.1) is 5.41 Å². The highest BCUT2D eigenvalue weighted by Gasteiger charge is 2.28. The van der Waals surface area contributed by atoms with Gasteiger partial charge in [-0.3, -0.25) is 4.99 Å². The van der Waals surface area contributed by atoms with E-state index in [1.807, 2.05) is 0 Å². The minimum atomic E-state index is -2.84. The molecule has 0 aromatic rings. The number of nitrogens with one attached hydrogen (secondary N) is 2. The van der Waals surface area contributed by atoms with Crippen LogP contribution >= 0.6 is 0 Å². The van der Waals surface area contributed by atoms with Crippen LogP contribution in [0.1, 0.15) is 46.5 Å². The first-order valence-corrected chi connectivity index (χ1v) is 9.22. The van der Waals surface area contributed by atoms with Crippen LogP contribution in [0.25, 0.3) is 0 Å². The Morgan fingerprint density at radius 3 is 2.50 bits per heavy atom. The molecule has 0 saturated carbocycles. The lowest BCUT2D eigenvalue weighted by molar-refractivity contribution is 0.360. The Morgan fingerprint density at radius 1 is 1.30 bits per heavy atom. The van der Waals surface area contributed by atoms with Gasteiger partial charge in [-0.2, -0.15) is 0 Å². The standard InChI is InChI=1S/C14H29N3O2S/c1-14(2,3)8-5-6-9-16-13(15-4)17-12-7-10-20(18,19)11-12/h12H,5-11H2,1-4H3,(H2,15,16,17). The van der Waals surface area contributed by atoms with E-state index in [0.29, 0.717) is 17.8 Å². The van der Waals surface area contributed by atoms with E-state index in [1.54, 1.807) is 7.05 Å². The second-order valence-electron chi connectivity index (χ2n) is 6.76. The fourth-order valence-electron chi connectivity index (χ4n) is 2.28. The summed E-state index contributed by atoms with van der Waals surface area (Å²) in [6.45, 7) is 7.62. The van der Waals surface area contributed by atoms with Gasteiger partial charge in [-0.25, -0.2) is 8.42 Å². The van der Waals surface area contributed by atoms with Gasteiger partial charge < -0.3 is 10.6 Å². The van der Waals surface area contributed by atoms with E-state index in [4.69, 9.17) is 0 Å². The smallest absolute Gasteiger partial charge is 0.191 e. The molecule has 0 radical (unpaired) electrons. The quantitative estimate of drug-likeness (QED) is 0.459. The summed E-state index contributed by atoms with van der Waals surface area (Å²) in [5.41, 5.74) is 0.387. The normalized spacial score (nSPS) is 22.8. The number of hydrogen-bond donors (Lipinski definition) is 2. The average Bonchev–Trinajstić information content (AvgIpc) is 2.65. The number of aliphatic imine (C=N–C) groups is 1. The molecule has 1 aliphatic heterocycles. The summed E-state index contributed by atoms with van der Waals surface area (Å²) >= 11 is 0. The van der Waals surface area contributed by atoms with Crippen molar-refractivity contribution in [2.75, 3.05) is 25.1 Å². The molecule has 1 atom stereocenters. The lowest BCUT2D eigenvalue weighted by Gasteiger charge is -2.18. The van der Waals surface area contributed by atoms with Crippen molar-refractivity contribution in [3.05, 3.63) is 0 Å². The van der Waals surface area contributed by atoms with Crippen molar-refractivity contribution in [1.82, 2.24) is 10.6 Å². The van der Waals surface area contributed by atoms with Gasteiger partial charge in [0.1, 0.15) is 0 Å². The van der Waals surface area contributed by atoms with E-state index in [0.717, 1.165) is 13.0 Å². The molecule has 1 saturated heterocycles. The zero-order valence-electron chi connectivity index (χ0n) is 13.2. The Morgan fingerprint density at radius 2 is 2.00 bits per heavy atom. The second kappa shape index (κ2) is 7.29.